The smallest absolute Gasteiger partial charge is 0.382 e. The molecule has 0 aromatic heterocycles. The topological polar surface area (TPSA) is 32.3 Å². The fourth-order valence-corrected chi connectivity index (χ4v) is 1.21. The third-order valence-corrected chi connectivity index (χ3v) is 1.86. The molecule has 1 unspecified atom stereocenters. The van der Waals surface area contributed by atoms with Gasteiger partial charge in [-0.05, 0) is 0 Å². The van der Waals surface area contributed by atoms with Gasteiger partial charge < -0.3 is 10.2 Å². The van der Waals surface area contributed by atoms with E-state index in [-0.39, 0.29) is 28.1 Å². The molecule has 1 aliphatic rings. The Balaban J connectivity index is 0. The Kier molecular flexibility index (Phi) is 6.28. The maximum atomic E-state index is 12.2. The van der Waals surface area contributed by atoms with Crippen LogP contribution < -0.4 is 5.32 Å². The minimum atomic E-state index is -4.45. The maximum Gasteiger partial charge on any atom is 0.400 e. The van der Waals surface area contributed by atoms with E-state index in [2.05, 4.69) is 5.32 Å². The molecule has 16 heavy (non-hydrogen) atoms. The van der Waals surface area contributed by atoms with Crippen molar-refractivity contribution in [3.63, 3.8) is 0 Å². The molecule has 1 heterocycles. The summed E-state index contributed by atoms with van der Waals surface area (Å²) in [5, 5.41) is 2.44. The number of Topliss-reactive ketones (excluding diaryl/α,β-unsaturated/α-hetero) is 1. The van der Waals surface area contributed by atoms with Gasteiger partial charge in [0.25, 0.3) is 0 Å². The van der Waals surface area contributed by atoms with Crippen LogP contribution in [-0.2, 0) is 4.79 Å². The number of carbonyl (C=O) groups is 1. The lowest BCUT2D eigenvalue weighted by atomic mass is 10.1. The monoisotopic (exact) mass is 235 g/mol. The second-order valence-electron chi connectivity index (χ2n) is 3.35. The highest BCUT2D eigenvalue weighted by molar-refractivity contribution is 5.99. The maximum absolute atomic E-state index is 12.2. The van der Waals surface area contributed by atoms with Crippen molar-refractivity contribution < 1.29 is 18.0 Å². The van der Waals surface area contributed by atoms with E-state index in [9.17, 15) is 18.0 Å². The lowest BCUT2D eigenvalue weighted by Crippen LogP contribution is -2.29. The Labute approximate surface area is 95.3 Å². The Bertz CT molecular complexity index is 276. The number of alkyl halides is 3. The number of nitrogens with one attached hydrogen (secondary N) is 1. The van der Waals surface area contributed by atoms with Gasteiger partial charge in [-0.2, -0.15) is 13.2 Å². The molecule has 0 spiro atoms. The van der Waals surface area contributed by atoms with Gasteiger partial charge in [0.1, 0.15) is 5.92 Å². The second kappa shape index (κ2) is 5.82. The highest BCUT2D eigenvalue weighted by atomic mass is 19.4. The summed E-state index contributed by atoms with van der Waals surface area (Å²) < 4.78 is 36.7. The Morgan fingerprint density at radius 3 is 2.25 bits per heavy atom. The van der Waals surface area contributed by atoms with Crippen LogP contribution in [0, 0.1) is 5.92 Å². The number of ketones is 1. The number of halogens is 3. The molecule has 0 bridgehead atoms. The van der Waals surface area contributed by atoms with Crippen LogP contribution in [0.1, 0.15) is 7.43 Å². The van der Waals surface area contributed by atoms with Gasteiger partial charge in [0.2, 0.25) is 0 Å². The van der Waals surface area contributed by atoms with Gasteiger partial charge in [-0.25, -0.2) is 0 Å². The fraction of sp³-hybridized carbons (Fsp3) is 0.667. The van der Waals surface area contributed by atoms with Crippen LogP contribution in [0.2, 0.25) is 0 Å². The molecule has 0 amide bonds. The first-order valence-electron chi connectivity index (χ1n) is 4.05. The number of carbonyl (C=O) groups excluding carboxylic acids is 1. The van der Waals surface area contributed by atoms with Crippen molar-refractivity contribution in [1.29, 1.82) is 0 Å². The average Bonchev–Trinajstić information content (AvgIpc) is 2.30. The van der Waals surface area contributed by atoms with Gasteiger partial charge in [0.05, 0.1) is 5.70 Å². The molecule has 3 radical (unpaired) electrons. The van der Waals surface area contributed by atoms with E-state index in [1.54, 1.807) is 14.1 Å². The number of hydrogen-bond donors (Lipinski definition) is 1. The van der Waals surface area contributed by atoms with Gasteiger partial charge in [0, 0.05) is 35.3 Å². The van der Waals surface area contributed by atoms with Crippen LogP contribution in [0.5, 0.6) is 0 Å². The SMILES string of the molecule is C.CN(C)/C=C1/NCC(C(F)(F)F)C1=O.[B]. The van der Waals surface area contributed by atoms with E-state index in [4.69, 9.17) is 0 Å². The van der Waals surface area contributed by atoms with Crippen molar-refractivity contribution in [3.8, 4) is 0 Å². The average molecular weight is 235 g/mol. The Morgan fingerprint density at radius 2 is 1.94 bits per heavy atom. The van der Waals surface area contributed by atoms with Crippen molar-refractivity contribution in [2.75, 3.05) is 20.6 Å². The van der Waals surface area contributed by atoms with Crippen molar-refractivity contribution in [3.05, 3.63) is 11.9 Å². The Hall–Kier alpha value is -1.14. The van der Waals surface area contributed by atoms with Gasteiger partial charge in [0.15, 0.2) is 5.78 Å². The third-order valence-electron chi connectivity index (χ3n) is 1.86. The van der Waals surface area contributed by atoms with Gasteiger partial charge in [-0.15, -0.1) is 0 Å². The zero-order valence-electron chi connectivity index (χ0n) is 8.43. The minimum Gasteiger partial charge on any atom is -0.382 e. The fourth-order valence-electron chi connectivity index (χ4n) is 1.21. The summed E-state index contributed by atoms with van der Waals surface area (Å²) in [6, 6.07) is 0. The van der Waals surface area contributed by atoms with Crippen LogP contribution in [0.25, 0.3) is 0 Å². The van der Waals surface area contributed by atoms with Crippen molar-refractivity contribution in [2.24, 2.45) is 5.92 Å². The van der Waals surface area contributed by atoms with Crippen molar-refractivity contribution in [1.82, 2.24) is 10.2 Å². The van der Waals surface area contributed by atoms with E-state index in [1.807, 2.05) is 0 Å². The molecule has 0 aromatic carbocycles. The van der Waals surface area contributed by atoms with Crippen LogP contribution in [0.15, 0.2) is 11.9 Å². The molecule has 1 atom stereocenters. The standard InChI is InChI=1S/C8H11F3N2O.CH4.B/c1-13(2)4-6-7(14)5(3-12-6)8(9,10)11;;/h4-5,12H,3H2,1-2H3;1H4;/b6-4+;;. The first-order valence-corrected chi connectivity index (χ1v) is 4.05. The normalized spacial score (nSPS) is 22.2. The molecule has 91 valence electrons. The number of allylic oxidation sites excluding steroid dienone is 1. The van der Waals surface area contributed by atoms with E-state index >= 15 is 0 Å². The molecule has 0 aliphatic carbocycles. The van der Waals surface area contributed by atoms with Gasteiger partial charge in [-0.3, -0.25) is 4.79 Å². The largest absolute Gasteiger partial charge is 0.400 e. The van der Waals surface area contributed by atoms with Crippen molar-refractivity contribution >= 4 is 14.2 Å². The minimum absolute atomic E-state index is 0. The first kappa shape index (κ1) is 17.3. The summed E-state index contributed by atoms with van der Waals surface area (Å²) in [5.41, 5.74) is 0.0253. The molecule has 1 rings (SSSR count). The first-order chi connectivity index (χ1) is 6.32. The highest BCUT2D eigenvalue weighted by Crippen LogP contribution is 2.31. The molecular weight excluding hydrogens is 220 g/mol. The van der Waals surface area contributed by atoms with E-state index in [0.717, 1.165) is 0 Å². The predicted molar refractivity (Wildman–Crippen MR) is 56.8 cm³/mol. The molecule has 1 saturated heterocycles. The van der Waals surface area contributed by atoms with E-state index in [0.29, 0.717) is 0 Å². The zero-order chi connectivity index (χ0) is 10.9. The number of hydrogen-bond acceptors (Lipinski definition) is 3. The second-order valence-corrected chi connectivity index (χ2v) is 3.35. The zero-order valence-corrected chi connectivity index (χ0v) is 8.43. The van der Waals surface area contributed by atoms with Crippen molar-refractivity contribution in [2.45, 2.75) is 13.6 Å². The summed E-state index contributed by atoms with van der Waals surface area (Å²) in [6.07, 6.45) is -3.10. The van der Waals surface area contributed by atoms with E-state index < -0.39 is 17.9 Å². The summed E-state index contributed by atoms with van der Waals surface area (Å²) >= 11 is 0. The summed E-state index contributed by atoms with van der Waals surface area (Å²) in [5.74, 6) is -2.78. The molecule has 1 aliphatic heterocycles. The van der Waals surface area contributed by atoms with Crippen LogP contribution in [0.4, 0.5) is 13.2 Å². The van der Waals surface area contributed by atoms with E-state index in [1.165, 1.54) is 11.1 Å². The van der Waals surface area contributed by atoms with Gasteiger partial charge in [-0.1, -0.05) is 7.43 Å². The molecule has 3 nitrogen and oxygen atoms in total. The predicted octanol–water partition coefficient (Wildman–Crippen LogP) is 0.996. The number of nitrogens with zero attached hydrogens (tertiary/aromatic N) is 1. The van der Waals surface area contributed by atoms with Gasteiger partial charge >= 0.3 is 6.18 Å². The van der Waals surface area contributed by atoms with Crippen LogP contribution in [0.3, 0.4) is 0 Å². The lowest BCUT2D eigenvalue weighted by molar-refractivity contribution is -0.174. The Morgan fingerprint density at radius 1 is 1.44 bits per heavy atom. The molecule has 1 fully saturated rings. The van der Waals surface area contributed by atoms with Crippen LogP contribution >= 0.6 is 0 Å². The van der Waals surface area contributed by atoms with Crippen LogP contribution in [-0.4, -0.2) is 45.9 Å². The molecule has 0 saturated carbocycles. The molecule has 7 heteroatoms. The summed E-state index contributed by atoms with van der Waals surface area (Å²) in [6.45, 7) is -0.359. The summed E-state index contributed by atoms with van der Waals surface area (Å²) in [4.78, 5) is 12.7. The molecule has 1 N–H and O–H groups in total. The highest BCUT2D eigenvalue weighted by Gasteiger charge is 2.48. The lowest BCUT2D eigenvalue weighted by Gasteiger charge is -2.10. The molecule has 0 aromatic rings. The number of rotatable bonds is 1. The molecular formula is C9H15BF3N2O. The quantitative estimate of drug-likeness (QED) is 0.543. The third kappa shape index (κ3) is 3.79. The summed E-state index contributed by atoms with van der Waals surface area (Å²) in [7, 11) is 3.28.